The molecular formula is C36H61N. The average molecular weight is 508 g/mol. The summed E-state index contributed by atoms with van der Waals surface area (Å²) < 4.78 is 0. The molecule has 4 rings (SSSR count). The number of nitrogens with one attached hydrogen (secondary N) is 1. The summed E-state index contributed by atoms with van der Waals surface area (Å²) in [6.45, 7) is 19.5. The zero-order valence-electron chi connectivity index (χ0n) is 25.3. The molecule has 0 aromatic rings. The quantitative estimate of drug-likeness (QED) is 0.193. The normalized spacial score (nSPS) is 39.4. The van der Waals surface area contributed by atoms with E-state index in [-0.39, 0.29) is 0 Å². The van der Waals surface area contributed by atoms with Crippen molar-refractivity contribution in [3.05, 3.63) is 36.6 Å². The third-order valence-corrected chi connectivity index (χ3v) is 12.6. The van der Waals surface area contributed by atoms with Crippen LogP contribution in [-0.2, 0) is 0 Å². The van der Waals surface area contributed by atoms with Crippen molar-refractivity contribution in [3.63, 3.8) is 0 Å². The van der Waals surface area contributed by atoms with Gasteiger partial charge in [0.2, 0.25) is 0 Å². The van der Waals surface area contributed by atoms with Gasteiger partial charge in [0.25, 0.3) is 0 Å². The van der Waals surface area contributed by atoms with Gasteiger partial charge < -0.3 is 5.32 Å². The molecule has 7 unspecified atom stereocenters. The van der Waals surface area contributed by atoms with E-state index < -0.39 is 0 Å². The van der Waals surface area contributed by atoms with Crippen molar-refractivity contribution in [2.45, 2.75) is 137 Å². The van der Waals surface area contributed by atoms with Crippen molar-refractivity contribution in [1.29, 1.82) is 0 Å². The van der Waals surface area contributed by atoms with Gasteiger partial charge in [-0.05, 0) is 143 Å². The summed E-state index contributed by atoms with van der Waals surface area (Å²) in [5.41, 5.74) is 4.11. The Morgan fingerprint density at radius 3 is 2.49 bits per heavy atom. The lowest BCUT2D eigenvalue weighted by molar-refractivity contribution is -0.135. The second-order valence-corrected chi connectivity index (χ2v) is 14.3. The van der Waals surface area contributed by atoms with E-state index in [0.717, 1.165) is 54.9 Å². The van der Waals surface area contributed by atoms with Crippen LogP contribution in [0.25, 0.3) is 0 Å². The smallest absolute Gasteiger partial charge is 0.0146 e. The average Bonchev–Trinajstić information content (AvgIpc) is 3.23. The first-order chi connectivity index (χ1) is 17.9. The maximum absolute atomic E-state index is 4.38. The minimum absolute atomic E-state index is 0.612. The van der Waals surface area contributed by atoms with Crippen molar-refractivity contribution in [3.8, 4) is 0 Å². The van der Waals surface area contributed by atoms with Crippen LogP contribution in [0.4, 0.5) is 0 Å². The van der Waals surface area contributed by atoms with Crippen LogP contribution in [0.1, 0.15) is 137 Å². The first-order valence-electron chi connectivity index (χ1n) is 16.5. The molecule has 0 aliphatic heterocycles. The van der Waals surface area contributed by atoms with Crippen LogP contribution in [0.2, 0.25) is 0 Å². The molecule has 0 amide bonds. The van der Waals surface area contributed by atoms with Gasteiger partial charge in [0.1, 0.15) is 0 Å². The van der Waals surface area contributed by atoms with Crippen LogP contribution in [0, 0.1) is 46.3 Å². The summed E-state index contributed by atoms with van der Waals surface area (Å²) in [5.74, 6) is 6.05. The second kappa shape index (κ2) is 12.9. The van der Waals surface area contributed by atoms with Crippen molar-refractivity contribution in [1.82, 2.24) is 5.32 Å². The van der Waals surface area contributed by atoms with Gasteiger partial charge >= 0.3 is 0 Å². The van der Waals surface area contributed by atoms with Crippen LogP contribution >= 0.6 is 0 Å². The van der Waals surface area contributed by atoms with Gasteiger partial charge in [-0.2, -0.15) is 0 Å². The number of fused-ring (bicyclic) bond motifs is 5. The fourth-order valence-corrected chi connectivity index (χ4v) is 10.5. The summed E-state index contributed by atoms with van der Waals surface area (Å²) >= 11 is 0. The third-order valence-electron chi connectivity index (χ3n) is 12.6. The Balaban J connectivity index is 1.24. The molecule has 4 saturated carbocycles. The van der Waals surface area contributed by atoms with Crippen LogP contribution in [0.3, 0.4) is 0 Å². The number of rotatable bonds is 13. The largest absolute Gasteiger partial charge is 0.389 e. The van der Waals surface area contributed by atoms with Crippen LogP contribution in [0.5, 0.6) is 0 Å². The summed E-state index contributed by atoms with van der Waals surface area (Å²) in [4.78, 5) is 0. The van der Waals surface area contributed by atoms with E-state index >= 15 is 0 Å². The fourth-order valence-electron chi connectivity index (χ4n) is 10.5. The SMILES string of the molecule is C=CCC/C(=C\C)CCCNC(=C)CCCC1CCC2C3C[C@H](CC)C4CCCCC4(C)C3CCC12C. The molecule has 1 nitrogen and oxygen atoms in total. The molecule has 0 aromatic heterocycles. The van der Waals surface area contributed by atoms with Crippen LogP contribution in [-0.4, -0.2) is 6.54 Å². The number of allylic oxidation sites excluding steroid dienone is 4. The lowest BCUT2D eigenvalue weighted by Gasteiger charge is -2.62. The predicted molar refractivity (Wildman–Crippen MR) is 162 cm³/mol. The molecule has 1 heteroatoms. The number of hydrogen-bond donors (Lipinski definition) is 1. The lowest BCUT2D eigenvalue weighted by atomic mass is 9.42. The Morgan fingerprint density at radius 2 is 1.73 bits per heavy atom. The van der Waals surface area contributed by atoms with E-state index in [1.54, 1.807) is 12.0 Å². The van der Waals surface area contributed by atoms with Crippen molar-refractivity contribution < 1.29 is 0 Å². The molecule has 0 bridgehead atoms. The third kappa shape index (κ3) is 6.11. The Labute approximate surface area is 231 Å². The molecule has 210 valence electrons. The summed E-state index contributed by atoms with van der Waals surface area (Å²) in [6, 6.07) is 0. The van der Waals surface area contributed by atoms with E-state index in [1.807, 2.05) is 6.08 Å². The minimum atomic E-state index is 0.612. The monoisotopic (exact) mass is 507 g/mol. The molecule has 8 atom stereocenters. The van der Waals surface area contributed by atoms with Crippen molar-refractivity contribution in [2.75, 3.05) is 6.54 Å². The minimum Gasteiger partial charge on any atom is -0.389 e. The van der Waals surface area contributed by atoms with E-state index in [2.05, 4.69) is 52.2 Å². The molecule has 0 aromatic carbocycles. The topological polar surface area (TPSA) is 12.0 Å². The first kappa shape index (κ1) is 29.0. The Kier molecular flexibility index (Phi) is 10.1. The van der Waals surface area contributed by atoms with Crippen molar-refractivity contribution >= 4 is 0 Å². The second-order valence-electron chi connectivity index (χ2n) is 14.3. The Morgan fingerprint density at radius 1 is 0.919 bits per heavy atom. The van der Waals surface area contributed by atoms with E-state index in [9.17, 15) is 0 Å². The highest BCUT2D eigenvalue weighted by Crippen LogP contribution is 2.69. The zero-order chi connectivity index (χ0) is 26.5. The highest BCUT2D eigenvalue weighted by molar-refractivity contribution is 5.10. The first-order valence-corrected chi connectivity index (χ1v) is 16.5. The molecule has 4 aliphatic rings. The summed E-state index contributed by atoms with van der Waals surface area (Å²) in [6.07, 6.45) is 28.0. The highest BCUT2D eigenvalue weighted by Gasteiger charge is 2.60. The number of hydrogen-bond acceptors (Lipinski definition) is 1. The lowest BCUT2D eigenvalue weighted by Crippen LogP contribution is -2.55. The van der Waals surface area contributed by atoms with Gasteiger partial charge in [0.05, 0.1) is 0 Å². The van der Waals surface area contributed by atoms with E-state index in [0.29, 0.717) is 10.8 Å². The van der Waals surface area contributed by atoms with Gasteiger partial charge in [0, 0.05) is 12.2 Å². The molecule has 37 heavy (non-hydrogen) atoms. The van der Waals surface area contributed by atoms with Crippen molar-refractivity contribution in [2.24, 2.45) is 46.3 Å². The highest BCUT2D eigenvalue weighted by atomic mass is 14.9. The van der Waals surface area contributed by atoms with Gasteiger partial charge in [0.15, 0.2) is 0 Å². The maximum Gasteiger partial charge on any atom is 0.0146 e. The molecule has 4 aliphatic carbocycles. The van der Waals surface area contributed by atoms with Gasteiger partial charge in [-0.15, -0.1) is 6.58 Å². The predicted octanol–water partition coefficient (Wildman–Crippen LogP) is 10.6. The maximum atomic E-state index is 4.38. The standard InChI is InChI=1S/C36H61N/c1-7-10-16-28(8-2)17-14-25-37-27(4)15-13-18-30-20-21-33-31-26-29(9-3)32-19-11-12-23-36(32,6)34(31)22-24-35(30,33)5/h7-8,29-34,37H,1,4,9-26H2,2-3,5-6H3/b28-8+/t29-,30?,31?,32?,33?,34?,35?,36?/m0/s1. The van der Waals surface area contributed by atoms with Gasteiger partial charge in [-0.25, -0.2) is 0 Å². The summed E-state index contributed by atoms with van der Waals surface area (Å²) in [5, 5.41) is 3.65. The molecule has 0 spiro atoms. The molecule has 1 N–H and O–H groups in total. The molecule has 0 saturated heterocycles. The molecule has 0 radical (unpaired) electrons. The van der Waals surface area contributed by atoms with Gasteiger partial charge in [-0.1, -0.05) is 64.3 Å². The van der Waals surface area contributed by atoms with Gasteiger partial charge in [-0.3, -0.25) is 0 Å². The molecule has 4 fully saturated rings. The van der Waals surface area contributed by atoms with Crippen LogP contribution in [0.15, 0.2) is 36.6 Å². The zero-order valence-corrected chi connectivity index (χ0v) is 25.3. The fraction of sp³-hybridized carbons (Fsp3) is 0.833. The van der Waals surface area contributed by atoms with E-state index in [1.165, 1.54) is 95.6 Å². The summed E-state index contributed by atoms with van der Waals surface area (Å²) in [7, 11) is 0. The Hall–Kier alpha value is -0.980. The molecular weight excluding hydrogens is 446 g/mol. The molecule has 0 heterocycles. The Bertz CT molecular complexity index is 792. The van der Waals surface area contributed by atoms with Crippen LogP contribution < -0.4 is 5.32 Å². The van der Waals surface area contributed by atoms with E-state index in [4.69, 9.17) is 0 Å².